The lowest BCUT2D eigenvalue weighted by Crippen LogP contribution is -2.30. The standard InChI is InChI=1S/C61H118O17P2/c1-6-10-13-16-19-22-24-27-30-37-42-47-61(66)78-57(51-72-59(64)45-40-35-32-31-33-38-43-54(5)9-4)53-76-80(69,70)74-49-55(62)48-73-79(67,68)75-52-56(50-71-58(63)44-39-34-28-25-21-18-15-12-8-3)77-60(65)46-41-36-29-26-23-20-17-14-11-7-2/h54-57,62H,6-53H2,1-5H3,(H,67,68)(H,69,70)/t54?,55-,56+,57+/m0/s1. The van der Waals surface area contributed by atoms with E-state index in [0.29, 0.717) is 25.7 Å². The molecule has 0 aromatic carbocycles. The van der Waals surface area contributed by atoms with E-state index in [0.717, 1.165) is 102 Å². The first kappa shape index (κ1) is 78.1. The van der Waals surface area contributed by atoms with E-state index in [2.05, 4.69) is 34.6 Å². The molecule has 6 atom stereocenters. The highest BCUT2D eigenvalue weighted by Gasteiger charge is 2.30. The number of carbonyl (C=O) groups is 4. The monoisotopic (exact) mass is 1180 g/mol. The van der Waals surface area contributed by atoms with Crippen LogP contribution in [0.2, 0.25) is 0 Å². The van der Waals surface area contributed by atoms with Gasteiger partial charge in [-0.05, 0) is 31.6 Å². The molecule has 0 bridgehead atoms. The number of phosphoric acid groups is 2. The van der Waals surface area contributed by atoms with Gasteiger partial charge in [-0.2, -0.15) is 0 Å². The van der Waals surface area contributed by atoms with Crippen LogP contribution in [-0.2, 0) is 65.4 Å². The molecule has 19 heteroatoms. The summed E-state index contributed by atoms with van der Waals surface area (Å²) < 4.78 is 67.8. The van der Waals surface area contributed by atoms with E-state index >= 15 is 0 Å². The first-order valence-electron chi connectivity index (χ1n) is 32.2. The van der Waals surface area contributed by atoms with Crippen molar-refractivity contribution in [2.75, 3.05) is 39.6 Å². The molecule has 0 fully saturated rings. The predicted octanol–water partition coefficient (Wildman–Crippen LogP) is 16.6. The topological polar surface area (TPSA) is 237 Å². The fraction of sp³-hybridized carbons (Fsp3) is 0.934. The van der Waals surface area contributed by atoms with Gasteiger partial charge < -0.3 is 33.8 Å². The lowest BCUT2D eigenvalue weighted by Gasteiger charge is -2.21. The number of carbonyl (C=O) groups excluding carboxylic acids is 4. The number of ether oxygens (including phenoxy) is 4. The van der Waals surface area contributed by atoms with Crippen LogP contribution in [0, 0.1) is 5.92 Å². The molecular weight excluding hydrogens is 1070 g/mol. The molecule has 17 nitrogen and oxygen atoms in total. The number of aliphatic hydroxyl groups is 1. The average Bonchev–Trinajstić information content (AvgIpc) is 3.43. The normalized spacial score (nSPS) is 14.7. The van der Waals surface area contributed by atoms with Gasteiger partial charge in [-0.15, -0.1) is 0 Å². The van der Waals surface area contributed by atoms with Gasteiger partial charge >= 0.3 is 39.5 Å². The number of hydrogen-bond donors (Lipinski definition) is 3. The van der Waals surface area contributed by atoms with Crippen molar-refractivity contribution in [3.63, 3.8) is 0 Å². The molecule has 0 radical (unpaired) electrons. The van der Waals surface area contributed by atoms with E-state index in [1.54, 1.807) is 0 Å². The largest absolute Gasteiger partial charge is 0.472 e. The summed E-state index contributed by atoms with van der Waals surface area (Å²) in [6, 6.07) is 0. The Bertz CT molecular complexity index is 1570. The highest BCUT2D eigenvalue weighted by atomic mass is 31.2. The Morgan fingerprint density at radius 3 is 0.887 bits per heavy atom. The number of aliphatic hydroxyl groups excluding tert-OH is 1. The zero-order valence-corrected chi connectivity index (χ0v) is 53.0. The third-order valence-electron chi connectivity index (χ3n) is 14.4. The lowest BCUT2D eigenvalue weighted by atomic mass is 10.00. The summed E-state index contributed by atoms with van der Waals surface area (Å²) >= 11 is 0. The minimum Gasteiger partial charge on any atom is -0.462 e. The van der Waals surface area contributed by atoms with Gasteiger partial charge in [0.15, 0.2) is 12.2 Å². The number of rotatable bonds is 61. The second-order valence-electron chi connectivity index (χ2n) is 22.3. The number of phosphoric ester groups is 2. The van der Waals surface area contributed by atoms with Gasteiger partial charge in [-0.1, -0.05) is 253 Å². The molecule has 0 saturated heterocycles. The van der Waals surface area contributed by atoms with Gasteiger partial charge in [0.2, 0.25) is 0 Å². The van der Waals surface area contributed by atoms with Gasteiger partial charge in [0.25, 0.3) is 0 Å². The second kappa shape index (κ2) is 55.0. The molecule has 0 heterocycles. The fourth-order valence-electron chi connectivity index (χ4n) is 9.02. The molecule has 0 spiro atoms. The zero-order valence-electron chi connectivity index (χ0n) is 51.2. The predicted molar refractivity (Wildman–Crippen MR) is 317 cm³/mol. The molecule has 0 aliphatic heterocycles. The van der Waals surface area contributed by atoms with Crippen LogP contribution in [0.4, 0.5) is 0 Å². The molecule has 0 aliphatic carbocycles. The number of esters is 4. The molecule has 0 aliphatic rings. The van der Waals surface area contributed by atoms with Crippen molar-refractivity contribution >= 4 is 39.5 Å². The van der Waals surface area contributed by atoms with Crippen LogP contribution in [0.5, 0.6) is 0 Å². The summed E-state index contributed by atoms with van der Waals surface area (Å²) in [5.41, 5.74) is 0. The Morgan fingerprint density at radius 2 is 0.600 bits per heavy atom. The lowest BCUT2D eigenvalue weighted by molar-refractivity contribution is -0.161. The highest BCUT2D eigenvalue weighted by molar-refractivity contribution is 7.47. The van der Waals surface area contributed by atoms with Gasteiger partial charge in [-0.3, -0.25) is 37.3 Å². The molecule has 3 N–H and O–H groups in total. The molecule has 0 rings (SSSR count). The van der Waals surface area contributed by atoms with E-state index < -0.39 is 97.5 Å². The van der Waals surface area contributed by atoms with Crippen molar-refractivity contribution in [1.29, 1.82) is 0 Å². The summed E-state index contributed by atoms with van der Waals surface area (Å²) in [5, 5.41) is 10.5. The Labute approximate surface area is 486 Å². The summed E-state index contributed by atoms with van der Waals surface area (Å²) in [4.78, 5) is 72.0. The summed E-state index contributed by atoms with van der Waals surface area (Å²) in [6.07, 6.45) is 37.5. The summed E-state index contributed by atoms with van der Waals surface area (Å²) in [7, 11) is -9.88. The highest BCUT2D eigenvalue weighted by Crippen LogP contribution is 2.45. The Kier molecular flexibility index (Phi) is 53.6. The third-order valence-corrected chi connectivity index (χ3v) is 16.3. The van der Waals surface area contributed by atoms with Crippen LogP contribution in [-0.4, -0.2) is 96.7 Å². The molecule has 0 aromatic heterocycles. The van der Waals surface area contributed by atoms with Gasteiger partial charge in [0.05, 0.1) is 26.4 Å². The summed E-state index contributed by atoms with van der Waals surface area (Å²) in [5.74, 6) is -1.41. The zero-order chi connectivity index (χ0) is 59.2. The minimum atomic E-state index is -4.94. The first-order chi connectivity index (χ1) is 38.6. The second-order valence-corrected chi connectivity index (χ2v) is 25.2. The molecule has 0 amide bonds. The third kappa shape index (κ3) is 54.0. The van der Waals surface area contributed by atoms with Gasteiger partial charge in [0, 0.05) is 25.7 Å². The average molecular weight is 1190 g/mol. The van der Waals surface area contributed by atoms with E-state index in [-0.39, 0.29) is 25.7 Å². The van der Waals surface area contributed by atoms with Crippen LogP contribution in [0.3, 0.4) is 0 Å². The Balaban J connectivity index is 5.24. The molecule has 80 heavy (non-hydrogen) atoms. The molecular formula is C61H118O17P2. The van der Waals surface area contributed by atoms with Gasteiger partial charge in [0.1, 0.15) is 19.3 Å². The molecule has 3 unspecified atom stereocenters. The van der Waals surface area contributed by atoms with Crippen molar-refractivity contribution in [2.45, 2.75) is 323 Å². The van der Waals surface area contributed by atoms with Crippen molar-refractivity contribution in [3.05, 3.63) is 0 Å². The Hall–Kier alpha value is -1.94. The Morgan fingerprint density at radius 1 is 0.350 bits per heavy atom. The van der Waals surface area contributed by atoms with Crippen LogP contribution < -0.4 is 0 Å². The van der Waals surface area contributed by atoms with Gasteiger partial charge in [-0.25, -0.2) is 9.13 Å². The van der Waals surface area contributed by atoms with Crippen molar-refractivity contribution in [1.82, 2.24) is 0 Å². The van der Waals surface area contributed by atoms with E-state index in [9.17, 15) is 43.2 Å². The molecule has 0 saturated carbocycles. The maximum atomic E-state index is 12.9. The maximum Gasteiger partial charge on any atom is 0.472 e. The van der Waals surface area contributed by atoms with Crippen LogP contribution in [0.25, 0.3) is 0 Å². The van der Waals surface area contributed by atoms with E-state index in [1.807, 2.05) is 0 Å². The summed E-state index contributed by atoms with van der Waals surface area (Å²) in [6.45, 7) is 7.10. The van der Waals surface area contributed by atoms with Crippen molar-refractivity contribution in [2.24, 2.45) is 5.92 Å². The van der Waals surface area contributed by atoms with E-state index in [1.165, 1.54) is 122 Å². The number of unbranched alkanes of at least 4 members (excludes halogenated alkanes) is 32. The molecule has 0 aromatic rings. The maximum absolute atomic E-state index is 12.9. The smallest absolute Gasteiger partial charge is 0.462 e. The SMILES string of the molecule is CCCCCCCCCCCCCC(=O)O[C@H](COC(=O)CCCCCCCCC(C)CC)COP(=O)(O)OC[C@@H](O)COP(=O)(O)OC[C@@H](COC(=O)CCCCCCCCCCC)OC(=O)CCCCCCCCCCCC. The number of hydrogen-bond acceptors (Lipinski definition) is 15. The van der Waals surface area contributed by atoms with Crippen LogP contribution in [0.1, 0.15) is 304 Å². The quantitative estimate of drug-likeness (QED) is 0.0222. The minimum absolute atomic E-state index is 0.106. The van der Waals surface area contributed by atoms with Crippen LogP contribution in [0.15, 0.2) is 0 Å². The fourth-order valence-corrected chi connectivity index (χ4v) is 10.6. The van der Waals surface area contributed by atoms with Crippen LogP contribution >= 0.6 is 15.6 Å². The first-order valence-corrected chi connectivity index (χ1v) is 35.2. The molecule has 474 valence electrons. The van der Waals surface area contributed by atoms with Crippen molar-refractivity contribution in [3.8, 4) is 0 Å². The van der Waals surface area contributed by atoms with Crippen molar-refractivity contribution < 1.29 is 80.2 Å². The van der Waals surface area contributed by atoms with E-state index in [4.69, 9.17) is 37.0 Å².